The van der Waals surface area contributed by atoms with Crippen molar-refractivity contribution < 1.29 is 9.90 Å². The van der Waals surface area contributed by atoms with Crippen LogP contribution in [-0.4, -0.2) is 44.6 Å². The molecule has 0 bridgehead atoms. The number of hydrogen-bond acceptors (Lipinski definition) is 4. The van der Waals surface area contributed by atoms with Crippen molar-refractivity contribution in [3.63, 3.8) is 0 Å². The van der Waals surface area contributed by atoms with Gasteiger partial charge in [-0.25, -0.2) is 4.79 Å². The van der Waals surface area contributed by atoms with Crippen LogP contribution in [0, 0.1) is 0 Å². The molecule has 2 aliphatic carbocycles. The van der Waals surface area contributed by atoms with E-state index >= 15 is 0 Å². The highest BCUT2D eigenvalue weighted by Gasteiger charge is 2.40. The third-order valence-electron chi connectivity index (χ3n) is 7.82. The van der Waals surface area contributed by atoms with Crippen LogP contribution >= 0.6 is 0 Å². The van der Waals surface area contributed by atoms with Crippen molar-refractivity contribution in [3.8, 4) is 22.5 Å². The average molecular weight is 457 g/mol. The first-order valence-corrected chi connectivity index (χ1v) is 12.6. The largest absolute Gasteiger partial charge is 0.478 e. The van der Waals surface area contributed by atoms with Crippen LogP contribution in [0.15, 0.2) is 36.5 Å². The summed E-state index contributed by atoms with van der Waals surface area (Å²) in [6.45, 7) is 3.39. The summed E-state index contributed by atoms with van der Waals surface area (Å²) in [5.74, 6) is -0.862. The molecule has 0 spiro atoms. The molecule has 34 heavy (non-hydrogen) atoms. The second-order valence-electron chi connectivity index (χ2n) is 10.4. The van der Waals surface area contributed by atoms with E-state index in [9.17, 15) is 9.90 Å². The maximum Gasteiger partial charge on any atom is 0.337 e. The van der Waals surface area contributed by atoms with Crippen LogP contribution in [0.4, 0.5) is 0 Å². The maximum atomic E-state index is 12.2. The Balaban J connectivity index is 1.31. The molecular formula is C28H32N4O2. The molecule has 0 atom stereocenters. The zero-order valence-corrected chi connectivity index (χ0v) is 19.6. The monoisotopic (exact) mass is 456 g/mol. The molecular weight excluding hydrogens is 424 g/mol. The van der Waals surface area contributed by atoms with E-state index in [1.54, 1.807) is 0 Å². The molecule has 2 fully saturated rings. The summed E-state index contributed by atoms with van der Waals surface area (Å²) < 4.78 is 0. The Bertz CT molecular complexity index is 1230. The third-order valence-corrected chi connectivity index (χ3v) is 7.82. The van der Waals surface area contributed by atoms with Crippen LogP contribution in [0.5, 0.6) is 0 Å². The van der Waals surface area contributed by atoms with Crippen LogP contribution in [0.3, 0.4) is 0 Å². The van der Waals surface area contributed by atoms with E-state index in [1.165, 1.54) is 37.9 Å². The number of carboxylic acids is 1. The Labute approximate surface area is 200 Å². The lowest BCUT2D eigenvalue weighted by Crippen LogP contribution is -2.28. The number of aromatic carboxylic acids is 1. The standard InChI is InChI=1S/C28H32N4O2/c29-28(10-11-28)15-24-25(27(33)34)21-9-8-20-16-30-23(14-22(20)26(21)31-24)19-6-4-18(5-7-19)17-32-12-2-1-3-13-32/h4-7,14,16,31H,1-3,8-13,15,17,29H2,(H,33,34). The fourth-order valence-corrected chi connectivity index (χ4v) is 5.65. The molecule has 1 aromatic carbocycles. The van der Waals surface area contributed by atoms with Gasteiger partial charge in [-0.15, -0.1) is 0 Å². The van der Waals surface area contributed by atoms with Gasteiger partial charge in [0, 0.05) is 41.5 Å². The number of hydrogen-bond donors (Lipinski definition) is 3. The Morgan fingerprint density at radius 3 is 2.59 bits per heavy atom. The fraction of sp³-hybridized carbons (Fsp3) is 0.429. The number of nitrogens with two attached hydrogens (primary N) is 1. The predicted octanol–water partition coefficient (Wildman–Crippen LogP) is 4.56. The van der Waals surface area contributed by atoms with Gasteiger partial charge in [-0.05, 0) is 74.4 Å². The molecule has 6 heteroatoms. The first-order chi connectivity index (χ1) is 16.5. The molecule has 0 radical (unpaired) electrons. The number of aryl methyl sites for hydroxylation is 1. The second kappa shape index (κ2) is 8.36. The molecule has 6 nitrogen and oxygen atoms in total. The number of aromatic nitrogens is 2. The number of carbonyl (C=O) groups is 1. The highest BCUT2D eigenvalue weighted by molar-refractivity contribution is 5.95. The summed E-state index contributed by atoms with van der Waals surface area (Å²) in [5, 5.41) is 9.98. The molecule has 0 unspecified atom stereocenters. The minimum atomic E-state index is -0.862. The predicted molar refractivity (Wildman–Crippen MR) is 133 cm³/mol. The molecule has 3 aliphatic rings. The normalized spacial score (nSPS) is 18.9. The van der Waals surface area contributed by atoms with Crippen LogP contribution in [-0.2, 0) is 25.8 Å². The number of likely N-dealkylation sites (tertiary alicyclic amines) is 1. The Kier molecular flexibility index (Phi) is 5.30. The highest BCUT2D eigenvalue weighted by atomic mass is 16.4. The van der Waals surface area contributed by atoms with Crippen LogP contribution in [0.1, 0.15) is 64.8 Å². The van der Waals surface area contributed by atoms with Gasteiger partial charge >= 0.3 is 5.97 Å². The van der Waals surface area contributed by atoms with Crippen molar-refractivity contribution >= 4 is 5.97 Å². The zero-order valence-electron chi connectivity index (χ0n) is 19.6. The van der Waals surface area contributed by atoms with Gasteiger partial charge in [0.1, 0.15) is 0 Å². The van der Waals surface area contributed by atoms with E-state index in [-0.39, 0.29) is 5.54 Å². The molecule has 0 amide bonds. The Morgan fingerprint density at radius 1 is 1.12 bits per heavy atom. The van der Waals surface area contributed by atoms with Gasteiger partial charge in [0.2, 0.25) is 0 Å². The fourth-order valence-electron chi connectivity index (χ4n) is 5.65. The summed E-state index contributed by atoms with van der Waals surface area (Å²) in [7, 11) is 0. The van der Waals surface area contributed by atoms with Crippen molar-refractivity contribution in [2.75, 3.05) is 13.1 Å². The first-order valence-electron chi connectivity index (χ1n) is 12.6. The van der Waals surface area contributed by atoms with Gasteiger partial charge in [0.05, 0.1) is 17.0 Å². The van der Waals surface area contributed by atoms with Crippen molar-refractivity contribution in [2.24, 2.45) is 5.73 Å². The minimum absolute atomic E-state index is 0.250. The van der Waals surface area contributed by atoms with E-state index in [0.717, 1.165) is 65.1 Å². The Morgan fingerprint density at radius 2 is 1.88 bits per heavy atom. The highest BCUT2D eigenvalue weighted by Crippen LogP contribution is 2.41. The van der Waals surface area contributed by atoms with Crippen LogP contribution in [0.25, 0.3) is 22.5 Å². The van der Waals surface area contributed by atoms with E-state index < -0.39 is 5.97 Å². The molecule has 1 saturated carbocycles. The summed E-state index contributed by atoms with van der Waals surface area (Å²) in [4.78, 5) is 22.9. The smallest absolute Gasteiger partial charge is 0.337 e. The van der Waals surface area contributed by atoms with E-state index in [1.807, 2.05) is 6.20 Å². The van der Waals surface area contributed by atoms with E-state index in [0.29, 0.717) is 18.4 Å². The zero-order chi connectivity index (χ0) is 23.3. The number of H-pyrrole nitrogens is 1. The summed E-state index contributed by atoms with van der Waals surface area (Å²) in [6, 6.07) is 10.9. The van der Waals surface area contributed by atoms with Gasteiger partial charge < -0.3 is 15.8 Å². The molecule has 3 aromatic rings. The van der Waals surface area contributed by atoms with Crippen molar-refractivity contribution in [2.45, 2.75) is 63.5 Å². The number of nitrogens with zero attached hydrogens (tertiary/aromatic N) is 2. The maximum absolute atomic E-state index is 12.2. The van der Waals surface area contributed by atoms with E-state index in [4.69, 9.17) is 10.7 Å². The van der Waals surface area contributed by atoms with Gasteiger partial charge in [-0.2, -0.15) is 0 Å². The van der Waals surface area contributed by atoms with Crippen LogP contribution < -0.4 is 5.73 Å². The average Bonchev–Trinajstić information content (AvgIpc) is 3.45. The SMILES string of the molecule is NC1(Cc2[nH]c3c(c2C(=O)O)CCc2cnc(-c4ccc(CN5CCCCC5)cc4)cc2-3)CC1. The summed E-state index contributed by atoms with van der Waals surface area (Å²) in [6.07, 6.45) is 9.92. The van der Waals surface area contributed by atoms with Crippen molar-refractivity contribution in [1.29, 1.82) is 0 Å². The molecule has 2 aromatic heterocycles. The lowest BCUT2D eigenvalue weighted by atomic mass is 9.88. The molecule has 1 saturated heterocycles. The van der Waals surface area contributed by atoms with Gasteiger partial charge in [-0.3, -0.25) is 9.88 Å². The number of fused-ring (bicyclic) bond motifs is 3. The van der Waals surface area contributed by atoms with Gasteiger partial charge in [0.15, 0.2) is 0 Å². The van der Waals surface area contributed by atoms with Gasteiger partial charge in [0.25, 0.3) is 0 Å². The summed E-state index contributed by atoms with van der Waals surface area (Å²) in [5.41, 5.74) is 14.7. The number of benzene rings is 1. The third kappa shape index (κ3) is 4.05. The topological polar surface area (TPSA) is 95.2 Å². The lowest BCUT2D eigenvalue weighted by Gasteiger charge is -2.26. The molecule has 1 aliphatic heterocycles. The number of nitrogens with one attached hydrogen (secondary N) is 1. The molecule has 6 rings (SSSR count). The first kappa shape index (κ1) is 21.6. The molecule has 176 valence electrons. The molecule has 4 N–H and O–H groups in total. The number of rotatable bonds is 6. The molecule has 3 heterocycles. The number of aromatic amines is 1. The van der Waals surface area contributed by atoms with Crippen molar-refractivity contribution in [1.82, 2.24) is 14.9 Å². The number of pyridine rings is 1. The number of piperidine rings is 1. The van der Waals surface area contributed by atoms with Crippen LogP contribution in [0.2, 0.25) is 0 Å². The number of carboxylic acid groups (broad SMARTS) is 1. The Hall–Kier alpha value is -2.96. The second-order valence-corrected chi connectivity index (χ2v) is 10.4. The van der Waals surface area contributed by atoms with Gasteiger partial charge in [-0.1, -0.05) is 30.7 Å². The van der Waals surface area contributed by atoms with E-state index in [2.05, 4.69) is 40.2 Å². The summed E-state index contributed by atoms with van der Waals surface area (Å²) >= 11 is 0. The minimum Gasteiger partial charge on any atom is -0.478 e. The lowest BCUT2D eigenvalue weighted by molar-refractivity contribution is 0.0694. The quantitative estimate of drug-likeness (QED) is 0.505. The van der Waals surface area contributed by atoms with Crippen molar-refractivity contribution in [3.05, 3.63) is 64.5 Å².